The monoisotopic (exact) mass is 172 g/mol. The molecule has 0 radical (unpaired) electrons. The van der Waals surface area contributed by atoms with Crippen LogP contribution in [0.4, 0.5) is 0 Å². The van der Waals surface area contributed by atoms with E-state index in [9.17, 15) is 5.11 Å². The molecular formula is C11H24O. The molecule has 12 heavy (non-hydrogen) atoms. The minimum Gasteiger partial charge on any atom is -0.393 e. The van der Waals surface area contributed by atoms with Crippen LogP contribution in [0.1, 0.15) is 47.5 Å². The molecule has 1 saturated carbocycles. The van der Waals surface area contributed by atoms with E-state index >= 15 is 0 Å². The van der Waals surface area contributed by atoms with E-state index in [1.165, 1.54) is 12.8 Å². The van der Waals surface area contributed by atoms with Crippen LogP contribution in [0.2, 0.25) is 0 Å². The van der Waals surface area contributed by atoms with E-state index in [0.717, 1.165) is 12.3 Å². The van der Waals surface area contributed by atoms with Gasteiger partial charge in [-0.2, -0.15) is 0 Å². The Bertz CT molecular complexity index is 120. The van der Waals surface area contributed by atoms with Crippen molar-refractivity contribution < 1.29 is 5.11 Å². The Hall–Kier alpha value is -0.0400. The molecule has 0 aliphatic heterocycles. The molecule has 1 fully saturated rings. The zero-order chi connectivity index (χ0) is 8.43. The Kier molecular flexibility index (Phi) is 4.84. The summed E-state index contributed by atoms with van der Waals surface area (Å²) in [6.07, 6.45) is 3.52. The smallest absolute Gasteiger partial charge is 0.0573 e. The van der Waals surface area contributed by atoms with Crippen LogP contribution in [0.15, 0.2) is 0 Å². The van der Waals surface area contributed by atoms with Crippen LogP contribution < -0.4 is 0 Å². The molecule has 1 nitrogen and oxygen atoms in total. The molecule has 0 spiro atoms. The first-order valence-corrected chi connectivity index (χ1v) is 4.79. The summed E-state index contributed by atoms with van der Waals surface area (Å²) >= 11 is 0. The van der Waals surface area contributed by atoms with Crippen molar-refractivity contribution in [2.45, 2.75) is 53.6 Å². The van der Waals surface area contributed by atoms with Crippen molar-refractivity contribution >= 4 is 0 Å². The third-order valence-corrected chi connectivity index (χ3v) is 2.99. The van der Waals surface area contributed by atoms with E-state index < -0.39 is 0 Å². The van der Waals surface area contributed by atoms with Gasteiger partial charge in [-0.05, 0) is 30.6 Å². The van der Waals surface area contributed by atoms with Crippen molar-refractivity contribution in [3.63, 3.8) is 0 Å². The molecule has 0 aromatic heterocycles. The van der Waals surface area contributed by atoms with Crippen molar-refractivity contribution in [1.82, 2.24) is 0 Å². The van der Waals surface area contributed by atoms with Crippen LogP contribution in [0.25, 0.3) is 0 Å². The van der Waals surface area contributed by atoms with E-state index in [-0.39, 0.29) is 13.5 Å². The SMILES string of the molecule is C.CC(C)[C@@H]1CC[C@@H](C)C[C@H]1O. The van der Waals surface area contributed by atoms with Gasteiger partial charge in [-0.25, -0.2) is 0 Å². The number of aliphatic hydroxyl groups excluding tert-OH is 1. The maximum Gasteiger partial charge on any atom is 0.0573 e. The van der Waals surface area contributed by atoms with E-state index in [1.54, 1.807) is 0 Å². The third-order valence-electron chi connectivity index (χ3n) is 2.99. The molecule has 0 heterocycles. The molecule has 1 heteroatoms. The topological polar surface area (TPSA) is 20.2 Å². The lowest BCUT2D eigenvalue weighted by molar-refractivity contribution is 0.0266. The van der Waals surface area contributed by atoms with Crippen LogP contribution in [0, 0.1) is 17.8 Å². The molecule has 74 valence electrons. The second-order valence-electron chi connectivity index (χ2n) is 4.39. The highest BCUT2D eigenvalue weighted by atomic mass is 16.3. The zero-order valence-corrected chi connectivity index (χ0v) is 7.88. The van der Waals surface area contributed by atoms with Gasteiger partial charge in [0.25, 0.3) is 0 Å². The Morgan fingerprint density at radius 3 is 2.25 bits per heavy atom. The average Bonchev–Trinajstić information content (AvgIpc) is 1.85. The van der Waals surface area contributed by atoms with Gasteiger partial charge in [-0.15, -0.1) is 0 Å². The van der Waals surface area contributed by atoms with Crippen LogP contribution >= 0.6 is 0 Å². The molecular weight excluding hydrogens is 148 g/mol. The summed E-state index contributed by atoms with van der Waals surface area (Å²) in [5.41, 5.74) is 0. The van der Waals surface area contributed by atoms with Crippen LogP contribution in [-0.4, -0.2) is 11.2 Å². The van der Waals surface area contributed by atoms with E-state index in [4.69, 9.17) is 0 Å². The number of hydrogen-bond donors (Lipinski definition) is 1. The summed E-state index contributed by atoms with van der Waals surface area (Å²) in [4.78, 5) is 0. The van der Waals surface area contributed by atoms with Gasteiger partial charge >= 0.3 is 0 Å². The summed E-state index contributed by atoms with van der Waals surface area (Å²) < 4.78 is 0. The predicted molar refractivity (Wildman–Crippen MR) is 54.1 cm³/mol. The number of rotatable bonds is 1. The molecule has 0 saturated heterocycles. The highest BCUT2D eigenvalue weighted by molar-refractivity contribution is 4.79. The minimum atomic E-state index is -0.0289. The van der Waals surface area contributed by atoms with E-state index in [1.807, 2.05) is 0 Å². The summed E-state index contributed by atoms with van der Waals surface area (Å²) in [6.45, 7) is 6.66. The lowest BCUT2D eigenvalue weighted by Crippen LogP contribution is -2.31. The molecule has 1 N–H and O–H groups in total. The van der Waals surface area contributed by atoms with E-state index in [2.05, 4.69) is 20.8 Å². The molecule has 0 unspecified atom stereocenters. The van der Waals surface area contributed by atoms with Gasteiger partial charge in [-0.1, -0.05) is 34.6 Å². The van der Waals surface area contributed by atoms with Gasteiger partial charge in [0.2, 0.25) is 0 Å². The van der Waals surface area contributed by atoms with Gasteiger partial charge in [0.1, 0.15) is 0 Å². The molecule has 0 amide bonds. The summed E-state index contributed by atoms with van der Waals surface area (Å²) in [7, 11) is 0. The maximum atomic E-state index is 9.71. The zero-order valence-electron chi connectivity index (χ0n) is 7.88. The Labute approximate surface area is 77.2 Å². The van der Waals surface area contributed by atoms with Crippen molar-refractivity contribution in [1.29, 1.82) is 0 Å². The summed E-state index contributed by atoms with van der Waals surface area (Å²) in [6, 6.07) is 0. The van der Waals surface area contributed by atoms with Gasteiger partial charge in [0, 0.05) is 0 Å². The van der Waals surface area contributed by atoms with Crippen molar-refractivity contribution in [2.75, 3.05) is 0 Å². The number of hydrogen-bond acceptors (Lipinski definition) is 1. The van der Waals surface area contributed by atoms with Gasteiger partial charge in [0.15, 0.2) is 0 Å². The lowest BCUT2D eigenvalue weighted by atomic mass is 9.75. The Morgan fingerprint density at radius 2 is 1.83 bits per heavy atom. The first-order chi connectivity index (χ1) is 5.11. The lowest BCUT2D eigenvalue weighted by Gasteiger charge is -2.33. The van der Waals surface area contributed by atoms with Crippen LogP contribution in [0.5, 0.6) is 0 Å². The fraction of sp³-hybridized carbons (Fsp3) is 1.00. The van der Waals surface area contributed by atoms with Gasteiger partial charge in [-0.3, -0.25) is 0 Å². The highest BCUT2D eigenvalue weighted by Gasteiger charge is 2.28. The normalized spacial score (nSPS) is 36.2. The molecule has 0 bridgehead atoms. The fourth-order valence-corrected chi connectivity index (χ4v) is 2.15. The van der Waals surface area contributed by atoms with Gasteiger partial charge < -0.3 is 5.11 Å². The van der Waals surface area contributed by atoms with Crippen molar-refractivity contribution in [2.24, 2.45) is 17.8 Å². The highest BCUT2D eigenvalue weighted by Crippen LogP contribution is 2.33. The van der Waals surface area contributed by atoms with Crippen molar-refractivity contribution in [3.8, 4) is 0 Å². The Balaban J connectivity index is 0.00000121. The molecule has 1 aliphatic rings. The third kappa shape index (κ3) is 2.78. The van der Waals surface area contributed by atoms with Gasteiger partial charge in [0.05, 0.1) is 6.10 Å². The second kappa shape index (κ2) is 4.86. The minimum absolute atomic E-state index is 0. The second-order valence-corrected chi connectivity index (χ2v) is 4.39. The first-order valence-electron chi connectivity index (χ1n) is 4.79. The molecule has 3 atom stereocenters. The molecule has 1 aliphatic carbocycles. The first kappa shape index (κ1) is 12.0. The van der Waals surface area contributed by atoms with E-state index in [0.29, 0.717) is 11.8 Å². The van der Waals surface area contributed by atoms with Crippen LogP contribution in [0.3, 0.4) is 0 Å². The summed E-state index contributed by atoms with van der Waals surface area (Å²) in [5.74, 6) is 1.95. The molecule has 0 aromatic rings. The quantitative estimate of drug-likeness (QED) is 0.644. The maximum absolute atomic E-state index is 9.71. The average molecular weight is 172 g/mol. The standard InChI is InChI=1S/C10H20O.CH4/c1-7(2)9-5-4-8(3)6-10(9)11;/h7-11H,4-6H2,1-3H3;1H4/t8-,9+,10-;/m1./s1. The largest absolute Gasteiger partial charge is 0.393 e. The van der Waals surface area contributed by atoms with Crippen molar-refractivity contribution in [3.05, 3.63) is 0 Å². The molecule has 0 aromatic carbocycles. The summed E-state index contributed by atoms with van der Waals surface area (Å²) in [5, 5.41) is 9.71. The predicted octanol–water partition coefficient (Wildman–Crippen LogP) is 3.08. The van der Waals surface area contributed by atoms with Crippen LogP contribution in [-0.2, 0) is 0 Å². The number of aliphatic hydroxyl groups is 1. The fourth-order valence-electron chi connectivity index (χ4n) is 2.15. The Morgan fingerprint density at radius 1 is 1.25 bits per heavy atom. The molecule has 1 rings (SSSR count).